The average molecular weight is 1960 g/mol. The van der Waals surface area contributed by atoms with E-state index in [0.29, 0.717) is 35.5 Å². The molecule has 0 saturated heterocycles. The van der Waals surface area contributed by atoms with Gasteiger partial charge >= 0.3 is 0 Å². The quantitative estimate of drug-likeness (QED) is 0.0508. The van der Waals surface area contributed by atoms with Gasteiger partial charge in [0.15, 0.2) is 28.1 Å². The summed E-state index contributed by atoms with van der Waals surface area (Å²) in [5.74, 6) is 8.18. The lowest BCUT2D eigenvalue weighted by Gasteiger charge is -2.17. The zero-order chi connectivity index (χ0) is 104. The standard InChI is InChI=1S/C35H40N5.2C33H36N5.C27H28N5/c1-21(2)17-26-12-10-13-27(18-22(3)4)34(26)32-20-38(8)35-33-23(5)11-9-14-29(33)30-19-28(15-16-31(30)40(32)35)39-24(6)36-37-25(39)7;1-21(2)15-24-10-8-11-25(16-22(3)4)32(24)30-18-36(6)33-31-23(5)9-7-12-27(31)28-17-26(37-19-34-35-20-37)13-14-29(28)38(30)33;1-21(2)17-24-10-8-11-25(18-22(3)4)32(24)30-20-36(6)33-31-23(5)9-7-12-27(31)28-19-26(38-34-15-16-35-38)13-14-29(28)37(30)33;1-17-14-15-22(31-20(4)28-29-21(31)5)16-23(17)27-30(6)24-12-7-8-13-25(24)32(27)26-18(2)10-9-11-19(26)3/h9-16,19-22H,17-18H2,1-8H3;7-14,17-22H,15-16H2,1-6H3;7-16,19-22H,17-18H2,1-6H3;7-16H,1-6H3/q4*+1. The zero-order valence-electron chi connectivity index (χ0n) is 91.1. The minimum Gasteiger partial charge on any atom is -0.288 e. The van der Waals surface area contributed by atoms with Crippen LogP contribution in [0.15, 0.2) is 268 Å². The number of rotatable bonds is 21. The van der Waals surface area contributed by atoms with Crippen molar-refractivity contribution >= 4 is 93.0 Å². The normalized spacial score (nSPS) is 12.0. The Bertz CT molecular complexity index is 8630. The third-order valence-electron chi connectivity index (χ3n) is 29.6. The van der Waals surface area contributed by atoms with Gasteiger partial charge < -0.3 is 0 Å². The van der Waals surface area contributed by atoms with Crippen molar-refractivity contribution in [1.82, 2.24) is 77.1 Å². The molecular weight excluding hydrogens is 1820 g/mol. The summed E-state index contributed by atoms with van der Waals surface area (Å²) in [6, 6.07) is 82.5. The van der Waals surface area contributed by atoms with Crippen molar-refractivity contribution in [2.75, 3.05) is 0 Å². The minimum atomic E-state index is 0.575. The summed E-state index contributed by atoms with van der Waals surface area (Å²) in [7, 11) is 8.73. The van der Waals surface area contributed by atoms with Gasteiger partial charge in [-0.05, 0) is 289 Å². The molecule has 0 saturated carbocycles. The number of nitrogens with zero attached hydrogens (tertiary/aromatic N) is 20. The van der Waals surface area contributed by atoms with Crippen LogP contribution in [0, 0.1) is 105 Å². The highest BCUT2D eigenvalue weighted by molar-refractivity contribution is 6.16. The summed E-state index contributed by atoms with van der Waals surface area (Å²) in [6.07, 6.45) is 20.3. The second-order valence-corrected chi connectivity index (χ2v) is 43.8. The molecule has 23 rings (SSSR count). The maximum atomic E-state index is 4.40. The largest absolute Gasteiger partial charge is 0.295 e. The van der Waals surface area contributed by atoms with E-state index in [1.54, 1.807) is 29.8 Å². The molecule has 0 unspecified atom stereocenters. The molecule has 20 heteroatoms. The van der Waals surface area contributed by atoms with E-state index in [9.17, 15) is 0 Å². The fraction of sp³-hybridized carbons (Fsp3) is 0.297. The molecule has 0 radical (unpaired) electrons. The second kappa shape index (κ2) is 40.6. The highest BCUT2D eigenvalue weighted by Crippen LogP contribution is 2.45. The number of fused-ring (bicyclic) bond motifs is 19. The lowest BCUT2D eigenvalue weighted by Crippen LogP contribution is -2.30. The summed E-state index contributed by atoms with van der Waals surface area (Å²) in [5, 5.41) is 45.4. The van der Waals surface area contributed by atoms with E-state index >= 15 is 0 Å². The van der Waals surface area contributed by atoms with Gasteiger partial charge in [0, 0.05) is 66.1 Å². The van der Waals surface area contributed by atoms with E-state index in [2.05, 4.69) is 482 Å². The third kappa shape index (κ3) is 18.3. The molecule has 23 aromatic rings. The van der Waals surface area contributed by atoms with Crippen LogP contribution in [0.4, 0.5) is 0 Å². The minimum absolute atomic E-state index is 0.575. The maximum absolute atomic E-state index is 4.40. The molecule has 0 N–H and O–H groups in total. The lowest BCUT2D eigenvalue weighted by atomic mass is 9.89. The Labute approximate surface area is 869 Å². The van der Waals surface area contributed by atoms with Gasteiger partial charge in [-0.2, -0.15) is 32.8 Å². The SMILES string of the molecule is Cc1ccc(-n2c(C)nnc2C)cc1-c1n(-c2c(C)cccc2C)c2ccccc2[n+]1C.Cc1cccc2c3cc(-n4c(C)nnc4C)ccc3n3c(-c4c(CC(C)C)cccc4CC(C)C)c[n+](C)c3c12.Cc1cccc2c3cc(-n4cnnc4)ccc3n3c(-c4c(CC(C)C)cccc4CC(C)C)c[n+](C)c3c12.Cc1cccc2c3cc(-n4nccn4)ccc3n3c(-c4c(CC(C)C)cccc4CC(C)C)c[n+](C)c3c12. The van der Waals surface area contributed by atoms with Gasteiger partial charge in [-0.25, -0.2) is 18.3 Å². The number of aryl methyl sites for hydroxylation is 14. The van der Waals surface area contributed by atoms with Crippen molar-refractivity contribution in [1.29, 1.82) is 0 Å². The summed E-state index contributed by atoms with van der Waals surface area (Å²) in [5.41, 5.74) is 40.4. The molecule has 0 fully saturated rings. The molecular formula is C128H140N20+4. The van der Waals surface area contributed by atoms with Gasteiger partial charge in [0.25, 0.3) is 22.8 Å². The van der Waals surface area contributed by atoms with Crippen LogP contribution in [0.25, 0.3) is 167 Å². The van der Waals surface area contributed by atoms with Gasteiger partial charge in [-0.15, -0.1) is 30.6 Å². The van der Waals surface area contributed by atoms with E-state index in [0.717, 1.165) is 90.4 Å². The van der Waals surface area contributed by atoms with Crippen LogP contribution in [-0.4, -0.2) is 77.1 Å². The van der Waals surface area contributed by atoms with Crippen LogP contribution in [0.1, 0.15) is 173 Å². The molecule has 20 nitrogen and oxygen atoms in total. The lowest BCUT2D eigenvalue weighted by molar-refractivity contribution is -0.643. The summed E-state index contributed by atoms with van der Waals surface area (Å²) in [6.45, 7) is 49.0. The Morgan fingerprint density at radius 1 is 0.284 bits per heavy atom. The van der Waals surface area contributed by atoms with Gasteiger partial charge in [0.2, 0.25) is 0 Å². The van der Waals surface area contributed by atoms with Crippen LogP contribution in [0.3, 0.4) is 0 Å². The smallest absolute Gasteiger partial charge is 0.288 e. The van der Waals surface area contributed by atoms with Crippen molar-refractivity contribution in [2.45, 2.75) is 191 Å². The van der Waals surface area contributed by atoms with E-state index in [-0.39, 0.29) is 0 Å². The van der Waals surface area contributed by atoms with E-state index in [1.807, 2.05) is 32.3 Å². The predicted molar refractivity (Wildman–Crippen MR) is 605 cm³/mol. The number of pyridine rings is 3. The topological polar surface area (TPSA) is 157 Å². The molecule has 0 spiro atoms. The van der Waals surface area contributed by atoms with Crippen LogP contribution in [0.5, 0.6) is 0 Å². The third-order valence-corrected chi connectivity index (χ3v) is 29.6. The molecule has 0 aliphatic heterocycles. The van der Waals surface area contributed by atoms with Crippen LogP contribution >= 0.6 is 0 Å². The summed E-state index contributed by atoms with van der Waals surface area (Å²) < 4.78 is 25.4. The Balaban J connectivity index is 0.000000120. The van der Waals surface area contributed by atoms with E-state index < -0.39 is 0 Å². The molecule has 148 heavy (non-hydrogen) atoms. The van der Waals surface area contributed by atoms with Gasteiger partial charge in [-0.1, -0.05) is 229 Å². The predicted octanol–water partition coefficient (Wildman–Crippen LogP) is 26.9. The Kier molecular flexibility index (Phi) is 27.3. The Morgan fingerprint density at radius 3 is 0.980 bits per heavy atom. The molecule has 0 bridgehead atoms. The zero-order valence-corrected chi connectivity index (χ0v) is 91.1. The number of hydrogen-bond donors (Lipinski definition) is 0. The fourth-order valence-electron chi connectivity index (χ4n) is 23.6. The first-order valence-corrected chi connectivity index (χ1v) is 52.8. The molecule has 0 aliphatic carbocycles. The molecule has 11 aromatic heterocycles. The van der Waals surface area contributed by atoms with Crippen LogP contribution in [-0.2, 0) is 66.7 Å². The highest BCUT2D eigenvalue weighted by atomic mass is 15.5. The molecule has 0 atom stereocenters. The van der Waals surface area contributed by atoms with Crippen molar-refractivity contribution in [2.24, 2.45) is 63.7 Å². The monoisotopic (exact) mass is 1960 g/mol. The average Bonchev–Trinajstić information content (AvgIpc) is 1.66. The van der Waals surface area contributed by atoms with Crippen molar-refractivity contribution < 1.29 is 18.3 Å². The van der Waals surface area contributed by atoms with Crippen molar-refractivity contribution in [3.63, 3.8) is 0 Å². The summed E-state index contributed by atoms with van der Waals surface area (Å²) >= 11 is 0. The number of benzene rings is 12. The van der Waals surface area contributed by atoms with Gasteiger partial charge in [0.05, 0.1) is 68.0 Å². The van der Waals surface area contributed by atoms with Crippen LogP contribution < -0.4 is 18.3 Å². The molecule has 748 valence electrons. The number of para-hydroxylation sites is 3. The molecule has 11 heterocycles. The molecule has 0 aliphatic rings. The van der Waals surface area contributed by atoms with Crippen LogP contribution in [0.2, 0.25) is 0 Å². The van der Waals surface area contributed by atoms with Gasteiger partial charge in [-0.3, -0.25) is 13.7 Å². The number of imidazole rings is 4. The first-order valence-electron chi connectivity index (χ1n) is 52.8. The second-order valence-electron chi connectivity index (χ2n) is 43.8. The summed E-state index contributed by atoms with van der Waals surface area (Å²) in [4.78, 5) is 1.69. The maximum Gasteiger partial charge on any atom is 0.295 e. The van der Waals surface area contributed by atoms with E-state index in [4.69, 9.17) is 0 Å². The highest BCUT2D eigenvalue weighted by Gasteiger charge is 2.36. The number of aromatic nitrogens is 20. The first-order chi connectivity index (χ1) is 71.2. The van der Waals surface area contributed by atoms with E-state index in [1.165, 1.54) is 205 Å². The molecule has 12 aromatic carbocycles. The Morgan fingerprint density at radius 2 is 0.601 bits per heavy atom. The van der Waals surface area contributed by atoms with Crippen molar-refractivity contribution in [3.05, 3.63) is 358 Å². The Hall–Kier alpha value is -15.7. The first kappa shape index (κ1) is 99.6. The molecule has 0 amide bonds. The van der Waals surface area contributed by atoms with Gasteiger partial charge in [0.1, 0.15) is 76.8 Å². The van der Waals surface area contributed by atoms with Crippen molar-refractivity contribution in [3.8, 4) is 73.6 Å². The number of hydrogen-bond acceptors (Lipinski definition) is 8. The fourth-order valence-corrected chi connectivity index (χ4v) is 23.6.